The zero-order chi connectivity index (χ0) is 18.9. The molecule has 2 N–H and O–H groups in total. The van der Waals surface area contributed by atoms with Crippen LogP contribution in [-0.4, -0.2) is 25.7 Å². The van der Waals surface area contributed by atoms with Gasteiger partial charge in [0, 0.05) is 35.9 Å². The molecule has 4 heterocycles. The number of nitrogens with one attached hydrogen (secondary N) is 2. The Morgan fingerprint density at radius 1 is 0.893 bits per heavy atom. The maximum atomic E-state index is 12.6. The molecule has 1 aliphatic heterocycles. The molecule has 0 aliphatic carbocycles. The van der Waals surface area contributed by atoms with E-state index in [1.54, 1.807) is 30.7 Å². The van der Waals surface area contributed by atoms with E-state index >= 15 is 0 Å². The highest BCUT2D eigenvalue weighted by atomic mass is 16.2. The Morgan fingerprint density at radius 2 is 1.71 bits per heavy atom. The maximum Gasteiger partial charge on any atom is 0.256 e. The number of pyridine rings is 2. The summed E-state index contributed by atoms with van der Waals surface area (Å²) in [7, 11) is 0. The van der Waals surface area contributed by atoms with Crippen molar-refractivity contribution in [3.8, 4) is 16.9 Å². The van der Waals surface area contributed by atoms with Crippen molar-refractivity contribution >= 4 is 11.7 Å². The highest BCUT2D eigenvalue weighted by Crippen LogP contribution is 2.31. The van der Waals surface area contributed by atoms with E-state index in [-0.39, 0.29) is 5.91 Å². The molecule has 1 aliphatic rings. The van der Waals surface area contributed by atoms with Gasteiger partial charge >= 0.3 is 0 Å². The van der Waals surface area contributed by atoms with Gasteiger partial charge in [-0.3, -0.25) is 9.78 Å². The molecule has 7 heteroatoms. The number of carbonyl (C=O) groups excluding carboxylic acids is 1. The molecule has 0 saturated carbocycles. The minimum Gasteiger partial charge on any atom is -0.345 e. The van der Waals surface area contributed by atoms with Crippen molar-refractivity contribution in [1.29, 1.82) is 0 Å². The van der Waals surface area contributed by atoms with Crippen LogP contribution in [0.3, 0.4) is 0 Å². The van der Waals surface area contributed by atoms with Crippen molar-refractivity contribution in [2.24, 2.45) is 0 Å². The Morgan fingerprint density at radius 3 is 2.54 bits per heavy atom. The summed E-state index contributed by atoms with van der Waals surface area (Å²) in [6.07, 6.45) is 6.60. The fraction of sp³-hybridized carbons (Fsp3) is 0.0476. The molecule has 0 radical (unpaired) electrons. The molecule has 0 saturated heterocycles. The third-order valence-electron chi connectivity index (χ3n) is 4.64. The molecule has 0 spiro atoms. The third-order valence-corrected chi connectivity index (χ3v) is 4.64. The summed E-state index contributed by atoms with van der Waals surface area (Å²) in [5.74, 6) is 0.393. The van der Waals surface area contributed by atoms with Crippen LogP contribution in [0.25, 0.3) is 16.9 Å². The van der Waals surface area contributed by atoms with Crippen LogP contribution in [0.1, 0.15) is 22.1 Å². The first-order valence-electron chi connectivity index (χ1n) is 8.87. The van der Waals surface area contributed by atoms with Crippen LogP contribution in [0.2, 0.25) is 0 Å². The Hall–Kier alpha value is -4.00. The number of aromatic nitrogens is 4. The minimum absolute atomic E-state index is 0.167. The summed E-state index contributed by atoms with van der Waals surface area (Å²) < 4.78 is 1.81. The number of carbonyl (C=O) groups is 1. The molecular formula is C21H16N6O. The van der Waals surface area contributed by atoms with Gasteiger partial charge in [-0.25, -0.2) is 9.67 Å². The van der Waals surface area contributed by atoms with Crippen molar-refractivity contribution in [1.82, 2.24) is 25.1 Å². The van der Waals surface area contributed by atoms with Crippen LogP contribution in [-0.2, 0) is 0 Å². The van der Waals surface area contributed by atoms with Gasteiger partial charge < -0.3 is 10.6 Å². The molecule has 28 heavy (non-hydrogen) atoms. The van der Waals surface area contributed by atoms with Gasteiger partial charge in [-0.05, 0) is 36.4 Å². The number of nitrogens with zero attached hydrogens (tertiary/aromatic N) is 4. The van der Waals surface area contributed by atoms with Crippen LogP contribution in [0, 0.1) is 0 Å². The average Bonchev–Trinajstić information content (AvgIpc) is 3.21. The topological polar surface area (TPSA) is 84.7 Å². The van der Waals surface area contributed by atoms with E-state index in [2.05, 4.69) is 20.6 Å². The first-order valence-corrected chi connectivity index (χ1v) is 8.87. The van der Waals surface area contributed by atoms with Gasteiger partial charge in [-0.1, -0.05) is 18.2 Å². The summed E-state index contributed by atoms with van der Waals surface area (Å²) >= 11 is 0. The average molecular weight is 368 g/mol. The number of hydrogen-bond donors (Lipinski definition) is 2. The van der Waals surface area contributed by atoms with Crippen LogP contribution in [0.4, 0.5) is 5.82 Å². The second-order valence-electron chi connectivity index (χ2n) is 6.40. The number of rotatable bonds is 3. The number of benzene rings is 1. The molecule has 7 nitrogen and oxygen atoms in total. The molecular weight excluding hydrogens is 352 g/mol. The summed E-state index contributed by atoms with van der Waals surface area (Å²) in [6.45, 7) is 0. The van der Waals surface area contributed by atoms with Crippen LogP contribution in [0.5, 0.6) is 0 Å². The second-order valence-corrected chi connectivity index (χ2v) is 6.40. The SMILES string of the molecule is O=C1NC(c2cn(-c3ccccc3)nc2-c2ccncc2)Nc2ncccc21. The van der Waals surface area contributed by atoms with Gasteiger partial charge in [0.1, 0.15) is 12.0 Å². The highest BCUT2D eigenvalue weighted by molar-refractivity contribution is 6.00. The van der Waals surface area contributed by atoms with Crippen LogP contribution in [0.15, 0.2) is 79.4 Å². The van der Waals surface area contributed by atoms with E-state index in [9.17, 15) is 4.79 Å². The van der Waals surface area contributed by atoms with Gasteiger partial charge in [0.25, 0.3) is 5.91 Å². The quantitative estimate of drug-likeness (QED) is 0.580. The molecule has 0 bridgehead atoms. The summed E-state index contributed by atoms with van der Waals surface area (Å²) in [4.78, 5) is 21.0. The normalized spacial score (nSPS) is 15.4. The standard InChI is InChI=1S/C21H16N6O/c28-21-16-7-4-10-23-19(16)24-20(25-21)17-13-27(15-5-2-1-3-6-15)26-18(17)14-8-11-22-12-9-14/h1-13,20H,(H,23,24)(H,25,28). The molecule has 136 valence electrons. The number of hydrogen-bond acceptors (Lipinski definition) is 5. The lowest BCUT2D eigenvalue weighted by atomic mass is 10.1. The third kappa shape index (κ3) is 2.79. The van der Waals surface area contributed by atoms with Crippen LogP contribution >= 0.6 is 0 Å². The minimum atomic E-state index is -0.449. The maximum absolute atomic E-state index is 12.6. The summed E-state index contributed by atoms with van der Waals surface area (Å²) in [6, 6.07) is 17.1. The Bertz CT molecular complexity index is 1140. The first-order chi connectivity index (χ1) is 13.8. The molecule has 1 aromatic carbocycles. The van der Waals surface area contributed by atoms with Crippen LogP contribution < -0.4 is 10.6 Å². The molecule has 0 fully saturated rings. The number of anilines is 1. The van der Waals surface area contributed by atoms with E-state index in [1.165, 1.54) is 0 Å². The Balaban J connectivity index is 1.62. The van der Waals surface area contributed by atoms with Gasteiger partial charge in [-0.2, -0.15) is 5.10 Å². The molecule has 5 rings (SSSR count). The summed E-state index contributed by atoms with van der Waals surface area (Å²) in [5, 5.41) is 11.1. The number of amides is 1. The van der Waals surface area contributed by atoms with Crippen molar-refractivity contribution in [2.75, 3.05) is 5.32 Å². The van der Waals surface area contributed by atoms with E-state index in [0.717, 1.165) is 22.5 Å². The first kappa shape index (κ1) is 16.2. The molecule has 1 atom stereocenters. The zero-order valence-electron chi connectivity index (χ0n) is 14.8. The lowest BCUT2D eigenvalue weighted by molar-refractivity contribution is 0.0935. The largest absolute Gasteiger partial charge is 0.345 e. The van der Waals surface area contributed by atoms with E-state index in [0.29, 0.717) is 11.4 Å². The van der Waals surface area contributed by atoms with Gasteiger partial charge in [-0.15, -0.1) is 0 Å². The zero-order valence-corrected chi connectivity index (χ0v) is 14.8. The lowest BCUT2D eigenvalue weighted by Crippen LogP contribution is -2.39. The van der Waals surface area contributed by atoms with Crippen molar-refractivity contribution in [3.05, 3.63) is 90.5 Å². The fourth-order valence-corrected chi connectivity index (χ4v) is 3.29. The monoisotopic (exact) mass is 368 g/mol. The predicted octanol–water partition coefficient (Wildman–Crippen LogP) is 3.18. The van der Waals surface area contributed by atoms with E-state index in [4.69, 9.17) is 5.10 Å². The van der Waals surface area contributed by atoms with Crippen molar-refractivity contribution in [2.45, 2.75) is 6.17 Å². The predicted molar refractivity (Wildman–Crippen MR) is 105 cm³/mol. The molecule has 1 amide bonds. The Labute approximate surface area is 161 Å². The highest BCUT2D eigenvalue weighted by Gasteiger charge is 2.29. The smallest absolute Gasteiger partial charge is 0.256 e. The molecule has 3 aromatic heterocycles. The number of para-hydroxylation sites is 1. The summed E-state index contributed by atoms with van der Waals surface area (Å²) in [5.41, 5.74) is 4.00. The van der Waals surface area contributed by atoms with E-state index < -0.39 is 6.17 Å². The fourth-order valence-electron chi connectivity index (χ4n) is 3.29. The Kier molecular flexibility index (Phi) is 3.83. The van der Waals surface area contributed by atoms with E-state index in [1.807, 2.05) is 53.3 Å². The lowest BCUT2D eigenvalue weighted by Gasteiger charge is -2.26. The van der Waals surface area contributed by atoms with Crippen molar-refractivity contribution < 1.29 is 4.79 Å². The molecule has 1 unspecified atom stereocenters. The second kappa shape index (κ2) is 6.62. The van der Waals surface area contributed by atoms with Gasteiger partial charge in [0.15, 0.2) is 0 Å². The van der Waals surface area contributed by atoms with Gasteiger partial charge in [0.2, 0.25) is 0 Å². The molecule has 4 aromatic rings. The van der Waals surface area contributed by atoms with Gasteiger partial charge in [0.05, 0.1) is 16.9 Å². The van der Waals surface area contributed by atoms with Crippen molar-refractivity contribution in [3.63, 3.8) is 0 Å². The number of fused-ring (bicyclic) bond motifs is 1.